The van der Waals surface area contributed by atoms with Crippen molar-refractivity contribution >= 4 is 28.8 Å². The molecule has 4 heteroatoms. The number of carbonyl (C=O) groups excluding carboxylic acids is 1. The number of anilines is 2. The van der Waals surface area contributed by atoms with E-state index in [1.54, 1.807) is 24.3 Å². The van der Waals surface area contributed by atoms with Crippen molar-refractivity contribution < 1.29 is 4.79 Å². The number of benzene rings is 2. The Morgan fingerprint density at radius 2 is 1.79 bits per heavy atom. The number of nitrogens with zero attached hydrogens (tertiary/aromatic N) is 1. The second-order valence-corrected chi connectivity index (χ2v) is 6.92. The van der Waals surface area contributed by atoms with E-state index in [9.17, 15) is 4.79 Å². The third-order valence-corrected chi connectivity index (χ3v) is 5.01. The van der Waals surface area contributed by atoms with Gasteiger partial charge in [0.15, 0.2) is 5.78 Å². The predicted molar refractivity (Wildman–Crippen MR) is 101 cm³/mol. The molecule has 1 N–H and O–H groups in total. The summed E-state index contributed by atoms with van der Waals surface area (Å²) in [4.78, 5) is 15.4. The fourth-order valence-electron chi connectivity index (χ4n) is 3.16. The van der Waals surface area contributed by atoms with Crippen LogP contribution < -0.4 is 10.2 Å². The second-order valence-electron chi connectivity index (χ2n) is 6.49. The van der Waals surface area contributed by atoms with Crippen molar-refractivity contribution in [2.45, 2.75) is 19.8 Å². The smallest absolute Gasteiger partial charge is 0.195 e. The molecule has 0 saturated carbocycles. The predicted octanol–water partition coefficient (Wildman–Crippen LogP) is 4.85. The molecule has 0 spiro atoms. The van der Waals surface area contributed by atoms with Crippen molar-refractivity contribution in [3.63, 3.8) is 0 Å². The minimum atomic E-state index is 0.0392. The molecule has 3 nitrogen and oxygen atoms in total. The Bertz CT molecular complexity index is 719. The lowest BCUT2D eigenvalue weighted by molar-refractivity contribution is 0.103. The van der Waals surface area contributed by atoms with Gasteiger partial charge >= 0.3 is 0 Å². The maximum Gasteiger partial charge on any atom is 0.195 e. The van der Waals surface area contributed by atoms with Crippen molar-refractivity contribution in [3.8, 4) is 0 Å². The topological polar surface area (TPSA) is 32.3 Å². The van der Waals surface area contributed by atoms with Crippen LogP contribution in [-0.4, -0.2) is 25.9 Å². The summed E-state index contributed by atoms with van der Waals surface area (Å²) < 4.78 is 0. The monoisotopic (exact) mass is 342 g/mol. The first kappa shape index (κ1) is 16.8. The third kappa shape index (κ3) is 3.57. The Labute approximate surface area is 148 Å². The van der Waals surface area contributed by atoms with E-state index in [0.29, 0.717) is 10.6 Å². The van der Waals surface area contributed by atoms with E-state index >= 15 is 0 Å². The summed E-state index contributed by atoms with van der Waals surface area (Å²) in [5.74, 6) is 0.797. The minimum Gasteiger partial charge on any atom is -0.388 e. The quantitative estimate of drug-likeness (QED) is 0.806. The third-order valence-electron chi connectivity index (χ3n) is 4.76. The largest absolute Gasteiger partial charge is 0.388 e. The van der Waals surface area contributed by atoms with Gasteiger partial charge in [0.05, 0.1) is 0 Å². The lowest BCUT2D eigenvalue weighted by atomic mass is 9.96. The van der Waals surface area contributed by atoms with Crippen LogP contribution in [0.3, 0.4) is 0 Å². The molecule has 2 aromatic carbocycles. The van der Waals surface area contributed by atoms with E-state index < -0.39 is 0 Å². The van der Waals surface area contributed by atoms with Crippen molar-refractivity contribution in [1.82, 2.24) is 0 Å². The number of halogens is 1. The molecule has 2 aromatic rings. The van der Waals surface area contributed by atoms with E-state index in [0.717, 1.165) is 35.9 Å². The molecule has 0 bridgehead atoms. The first-order valence-electron chi connectivity index (χ1n) is 8.45. The molecule has 126 valence electrons. The number of hydrogen-bond donors (Lipinski definition) is 1. The maximum atomic E-state index is 13.1. The Kier molecular flexibility index (Phi) is 5.10. The van der Waals surface area contributed by atoms with Gasteiger partial charge in [-0.05, 0) is 61.2 Å². The van der Waals surface area contributed by atoms with Gasteiger partial charge in [0.1, 0.15) is 0 Å². The molecule has 0 amide bonds. The Morgan fingerprint density at radius 1 is 1.12 bits per heavy atom. The highest BCUT2D eigenvalue weighted by atomic mass is 35.5. The number of rotatable bonds is 4. The Hall–Kier alpha value is -2.00. The SMILES string of the molecule is CNc1ccc(N2CCC(C)CC2)c(C(=O)c2ccc(Cl)cc2)c1. The number of ketones is 1. The summed E-state index contributed by atoms with van der Waals surface area (Å²) >= 11 is 5.95. The van der Waals surface area contributed by atoms with Crippen LogP contribution in [0.25, 0.3) is 0 Å². The molecule has 3 rings (SSSR count). The van der Waals surface area contributed by atoms with Gasteiger partial charge in [-0.3, -0.25) is 4.79 Å². The summed E-state index contributed by atoms with van der Waals surface area (Å²) in [6.45, 7) is 4.29. The number of nitrogens with one attached hydrogen (secondary N) is 1. The van der Waals surface area contributed by atoms with Crippen LogP contribution in [0, 0.1) is 5.92 Å². The zero-order chi connectivity index (χ0) is 17.1. The van der Waals surface area contributed by atoms with Crippen LogP contribution in [0.2, 0.25) is 5.02 Å². The molecule has 0 aromatic heterocycles. The Morgan fingerprint density at radius 3 is 2.42 bits per heavy atom. The molecule has 0 unspecified atom stereocenters. The molecule has 24 heavy (non-hydrogen) atoms. The average molecular weight is 343 g/mol. The first-order chi connectivity index (χ1) is 11.6. The van der Waals surface area contributed by atoms with Crippen molar-refractivity contribution in [3.05, 3.63) is 58.6 Å². The highest BCUT2D eigenvalue weighted by Crippen LogP contribution is 2.30. The van der Waals surface area contributed by atoms with E-state index in [4.69, 9.17) is 11.6 Å². The molecular formula is C20H23ClN2O. The molecular weight excluding hydrogens is 320 g/mol. The van der Waals surface area contributed by atoms with Crippen molar-refractivity contribution in [1.29, 1.82) is 0 Å². The molecule has 1 heterocycles. The zero-order valence-corrected chi connectivity index (χ0v) is 14.9. The van der Waals surface area contributed by atoms with Crippen LogP contribution >= 0.6 is 11.6 Å². The van der Waals surface area contributed by atoms with Crippen molar-refractivity contribution in [2.24, 2.45) is 5.92 Å². The normalized spacial score (nSPS) is 15.4. The number of piperidine rings is 1. The van der Waals surface area contributed by atoms with Crippen LogP contribution in [0.1, 0.15) is 35.7 Å². The molecule has 1 fully saturated rings. The first-order valence-corrected chi connectivity index (χ1v) is 8.83. The fraction of sp³-hybridized carbons (Fsp3) is 0.350. The minimum absolute atomic E-state index is 0.0392. The molecule has 1 saturated heterocycles. The number of hydrogen-bond acceptors (Lipinski definition) is 3. The summed E-state index contributed by atoms with van der Waals surface area (Å²) in [6.07, 6.45) is 2.34. The van der Waals surface area contributed by atoms with E-state index in [1.165, 1.54) is 12.8 Å². The molecule has 0 aliphatic carbocycles. The van der Waals surface area contributed by atoms with Gasteiger partial charge < -0.3 is 10.2 Å². The van der Waals surface area contributed by atoms with E-state index in [2.05, 4.69) is 23.2 Å². The molecule has 0 radical (unpaired) electrons. The standard InChI is InChI=1S/C20H23ClN2O/c1-14-9-11-23(12-10-14)19-8-7-17(22-2)13-18(19)20(24)15-3-5-16(21)6-4-15/h3-8,13-14,22H,9-12H2,1-2H3. The van der Waals surface area contributed by atoms with Gasteiger partial charge in [-0.1, -0.05) is 18.5 Å². The maximum absolute atomic E-state index is 13.1. The average Bonchev–Trinajstić information content (AvgIpc) is 2.62. The highest BCUT2D eigenvalue weighted by molar-refractivity contribution is 6.30. The van der Waals surface area contributed by atoms with Gasteiger partial charge in [0, 0.05) is 47.7 Å². The molecule has 0 atom stereocenters. The van der Waals surface area contributed by atoms with Crippen LogP contribution in [0.5, 0.6) is 0 Å². The molecule has 1 aliphatic heterocycles. The van der Waals surface area contributed by atoms with Gasteiger partial charge in [-0.25, -0.2) is 0 Å². The second kappa shape index (κ2) is 7.27. The summed E-state index contributed by atoms with van der Waals surface area (Å²) in [5, 5.41) is 3.77. The van der Waals surface area contributed by atoms with Crippen LogP contribution in [0.4, 0.5) is 11.4 Å². The lowest BCUT2D eigenvalue weighted by Gasteiger charge is -2.33. The summed E-state index contributed by atoms with van der Waals surface area (Å²) in [6, 6.07) is 13.1. The van der Waals surface area contributed by atoms with Gasteiger partial charge in [0.25, 0.3) is 0 Å². The number of carbonyl (C=O) groups is 1. The van der Waals surface area contributed by atoms with Gasteiger partial charge in [-0.15, -0.1) is 0 Å². The molecule has 1 aliphatic rings. The Balaban J connectivity index is 1.97. The van der Waals surface area contributed by atoms with Gasteiger partial charge in [-0.2, -0.15) is 0 Å². The van der Waals surface area contributed by atoms with E-state index in [-0.39, 0.29) is 5.78 Å². The fourth-order valence-corrected chi connectivity index (χ4v) is 3.28. The van der Waals surface area contributed by atoms with Crippen LogP contribution in [0.15, 0.2) is 42.5 Å². The van der Waals surface area contributed by atoms with Crippen LogP contribution in [-0.2, 0) is 0 Å². The van der Waals surface area contributed by atoms with E-state index in [1.807, 2.05) is 19.2 Å². The highest BCUT2D eigenvalue weighted by Gasteiger charge is 2.22. The van der Waals surface area contributed by atoms with Gasteiger partial charge in [0.2, 0.25) is 0 Å². The summed E-state index contributed by atoms with van der Waals surface area (Å²) in [7, 11) is 1.87. The zero-order valence-electron chi connectivity index (χ0n) is 14.2. The van der Waals surface area contributed by atoms with Crippen molar-refractivity contribution in [2.75, 3.05) is 30.4 Å². The lowest BCUT2D eigenvalue weighted by Crippen LogP contribution is -2.33. The summed E-state index contributed by atoms with van der Waals surface area (Å²) in [5.41, 5.74) is 3.39.